The highest BCUT2D eigenvalue weighted by Crippen LogP contribution is 2.22. The van der Waals surface area contributed by atoms with Crippen molar-refractivity contribution in [2.75, 3.05) is 39.8 Å². The van der Waals surface area contributed by atoms with E-state index in [1.165, 1.54) is 5.56 Å². The molecule has 0 aromatic heterocycles. The number of hydrogen-bond acceptors (Lipinski definition) is 4. The fourth-order valence-corrected chi connectivity index (χ4v) is 5.16. The van der Waals surface area contributed by atoms with E-state index >= 15 is 0 Å². The largest absolute Gasteiger partial charge is 0.497 e. The second-order valence-corrected chi connectivity index (χ2v) is 9.02. The fourth-order valence-electron chi connectivity index (χ4n) is 3.43. The highest BCUT2D eigenvalue weighted by molar-refractivity contribution is 7.89. The van der Waals surface area contributed by atoms with Crippen LogP contribution < -0.4 is 4.74 Å². The lowest BCUT2D eigenvalue weighted by Crippen LogP contribution is -2.49. The number of aryl methyl sites for hydroxylation is 2. The standard InChI is InChI=1S/C21H28N2O3S/c1-17-7-8-18(2)21(15-17)27(24,25)23-13-11-22(12-14-23)10-9-19-5-4-6-20(16-19)26-3/h4-8,15-16H,9-14H2,1-3H3. The summed E-state index contributed by atoms with van der Waals surface area (Å²) in [5, 5.41) is 0. The minimum absolute atomic E-state index is 0.437. The van der Waals surface area contributed by atoms with E-state index in [0.29, 0.717) is 18.0 Å². The summed E-state index contributed by atoms with van der Waals surface area (Å²) in [5.41, 5.74) is 3.01. The van der Waals surface area contributed by atoms with E-state index in [2.05, 4.69) is 17.0 Å². The second kappa shape index (κ2) is 8.42. The third kappa shape index (κ3) is 4.69. The van der Waals surface area contributed by atoms with Crippen molar-refractivity contribution in [2.24, 2.45) is 0 Å². The van der Waals surface area contributed by atoms with Crippen LogP contribution in [0.5, 0.6) is 5.75 Å². The Labute approximate surface area is 162 Å². The van der Waals surface area contributed by atoms with E-state index in [9.17, 15) is 8.42 Å². The third-order valence-electron chi connectivity index (χ3n) is 5.14. The third-order valence-corrected chi connectivity index (χ3v) is 7.18. The number of hydrogen-bond donors (Lipinski definition) is 0. The van der Waals surface area contributed by atoms with Crippen LogP contribution in [0.15, 0.2) is 47.4 Å². The van der Waals surface area contributed by atoms with E-state index < -0.39 is 10.0 Å². The van der Waals surface area contributed by atoms with Crippen molar-refractivity contribution in [1.29, 1.82) is 0 Å². The molecular formula is C21H28N2O3S. The first-order valence-corrected chi connectivity index (χ1v) is 10.8. The Morgan fingerprint density at radius 3 is 2.44 bits per heavy atom. The average Bonchev–Trinajstić information content (AvgIpc) is 2.68. The number of sulfonamides is 1. The second-order valence-electron chi connectivity index (χ2n) is 7.12. The lowest BCUT2D eigenvalue weighted by atomic mass is 10.1. The van der Waals surface area contributed by atoms with Crippen molar-refractivity contribution in [2.45, 2.75) is 25.2 Å². The molecule has 1 fully saturated rings. The van der Waals surface area contributed by atoms with Gasteiger partial charge in [0.05, 0.1) is 12.0 Å². The number of ether oxygens (including phenoxy) is 1. The average molecular weight is 389 g/mol. The van der Waals surface area contributed by atoms with Gasteiger partial charge in [0.25, 0.3) is 0 Å². The fraction of sp³-hybridized carbons (Fsp3) is 0.429. The van der Waals surface area contributed by atoms with E-state index in [-0.39, 0.29) is 0 Å². The van der Waals surface area contributed by atoms with Crippen LogP contribution in [0.25, 0.3) is 0 Å². The number of methoxy groups -OCH3 is 1. The number of piperazine rings is 1. The van der Waals surface area contributed by atoms with Gasteiger partial charge in [-0.25, -0.2) is 8.42 Å². The molecule has 0 saturated carbocycles. The Balaban J connectivity index is 1.59. The lowest BCUT2D eigenvalue weighted by Gasteiger charge is -2.34. The van der Waals surface area contributed by atoms with Crippen molar-refractivity contribution in [3.05, 3.63) is 59.2 Å². The molecule has 2 aromatic rings. The molecule has 3 rings (SSSR count). The first kappa shape index (κ1) is 19.9. The van der Waals surface area contributed by atoms with Gasteiger partial charge in [0.1, 0.15) is 5.75 Å². The molecule has 5 nitrogen and oxygen atoms in total. The molecule has 1 saturated heterocycles. The van der Waals surface area contributed by atoms with Crippen LogP contribution in [0.4, 0.5) is 0 Å². The SMILES string of the molecule is COc1cccc(CCN2CCN(S(=O)(=O)c3cc(C)ccc3C)CC2)c1. The molecule has 27 heavy (non-hydrogen) atoms. The molecule has 0 N–H and O–H groups in total. The highest BCUT2D eigenvalue weighted by atomic mass is 32.2. The number of benzene rings is 2. The molecule has 0 bridgehead atoms. The number of nitrogens with zero attached hydrogens (tertiary/aromatic N) is 2. The number of rotatable bonds is 6. The summed E-state index contributed by atoms with van der Waals surface area (Å²) in [6.45, 7) is 7.29. The molecule has 0 atom stereocenters. The summed E-state index contributed by atoms with van der Waals surface area (Å²) < 4.78 is 32.9. The summed E-state index contributed by atoms with van der Waals surface area (Å²) >= 11 is 0. The summed E-state index contributed by atoms with van der Waals surface area (Å²) in [6.07, 6.45) is 0.931. The maximum atomic E-state index is 13.0. The monoisotopic (exact) mass is 388 g/mol. The zero-order valence-electron chi connectivity index (χ0n) is 16.3. The van der Waals surface area contributed by atoms with Crippen LogP contribution in [0.1, 0.15) is 16.7 Å². The summed E-state index contributed by atoms with van der Waals surface area (Å²) in [6, 6.07) is 13.7. The van der Waals surface area contributed by atoms with Crippen molar-refractivity contribution in [3.8, 4) is 5.75 Å². The Morgan fingerprint density at radius 1 is 1.00 bits per heavy atom. The summed E-state index contributed by atoms with van der Waals surface area (Å²) in [7, 11) is -1.75. The molecule has 146 valence electrons. The zero-order valence-corrected chi connectivity index (χ0v) is 17.1. The summed E-state index contributed by atoms with van der Waals surface area (Å²) in [5.74, 6) is 0.872. The Bertz CT molecular complexity index is 888. The minimum atomic E-state index is -3.42. The summed E-state index contributed by atoms with van der Waals surface area (Å²) in [4.78, 5) is 2.77. The van der Waals surface area contributed by atoms with Gasteiger partial charge >= 0.3 is 0 Å². The van der Waals surface area contributed by atoms with Crippen LogP contribution in [-0.2, 0) is 16.4 Å². The molecule has 0 amide bonds. The van der Waals surface area contributed by atoms with E-state index in [1.54, 1.807) is 17.5 Å². The Morgan fingerprint density at radius 2 is 1.74 bits per heavy atom. The molecular weight excluding hydrogens is 360 g/mol. The van der Waals surface area contributed by atoms with Crippen molar-refractivity contribution in [1.82, 2.24) is 9.21 Å². The van der Waals surface area contributed by atoms with Gasteiger partial charge < -0.3 is 9.64 Å². The van der Waals surface area contributed by atoms with Crippen molar-refractivity contribution < 1.29 is 13.2 Å². The molecule has 0 aliphatic carbocycles. The van der Waals surface area contributed by atoms with Gasteiger partial charge in [-0.3, -0.25) is 0 Å². The highest BCUT2D eigenvalue weighted by Gasteiger charge is 2.29. The van der Waals surface area contributed by atoms with Crippen molar-refractivity contribution in [3.63, 3.8) is 0 Å². The maximum Gasteiger partial charge on any atom is 0.243 e. The van der Waals surface area contributed by atoms with Crippen LogP contribution in [-0.4, -0.2) is 57.5 Å². The van der Waals surface area contributed by atoms with Gasteiger partial charge in [0.2, 0.25) is 10.0 Å². The molecule has 6 heteroatoms. The minimum Gasteiger partial charge on any atom is -0.497 e. The first-order chi connectivity index (χ1) is 12.9. The smallest absolute Gasteiger partial charge is 0.243 e. The van der Waals surface area contributed by atoms with Gasteiger partial charge in [-0.05, 0) is 55.2 Å². The zero-order chi connectivity index (χ0) is 19.4. The topological polar surface area (TPSA) is 49.9 Å². The van der Waals surface area contributed by atoms with Gasteiger partial charge in [0, 0.05) is 32.7 Å². The quantitative estimate of drug-likeness (QED) is 0.764. The van der Waals surface area contributed by atoms with Crippen LogP contribution in [0.3, 0.4) is 0 Å². The molecule has 0 spiro atoms. The van der Waals surface area contributed by atoms with Gasteiger partial charge in [-0.1, -0.05) is 24.3 Å². The molecule has 0 unspecified atom stereocenters. The normalized spacial score (nSPS) is 16.4. The molecule has 1 aliphatic rings. The predicted octanol–water partition coefficient (Wildman–Crippen LogP) is 2.86. The van der Waals surface area contributed by atoms with E-state index in [4.69, 9.17) is 4.74 Å². The van der Waals surface area contributed by atoms with Crippen LogP contribution in [0.2, 0.25) is 0 Å². The van der Waals surface area contributed by atoms with E-state index in [0.717, 1.165) is 42.9 Å². The first-order valence-electron chi connectivity index (χ1n) is 9.33. The van der Waals surface area contributed by atoms with Crippen LogP contribution in [0, 0.1) is 13.8 Å². The van der Waals surface area contributed by atoms with Gasteiger partial charge in [-0.15, -0.1) is 0 Å². The maximum absolute atomic E-state index is 13.0. The lowest BCUT2D eigenvalue weighted by molar-refractivity contribution is 0.190. The van der Waals surface area contributed by atoms with Gasteiger partial charge in [0.15, 0.2) is 0 Å². The molecule has 0 radical (unpaired) electrons. The van der Waals surface area contributed by atoms with Crippen molar-refractivity contribution >= 4 is 10.0 Å². The Kier molecular flexibility index (Phi) is 6.19. The predicted molar refractivity (Wildman–Crippen MR) is 108 cm³/mol. The molecule has 1 heterocycles. The Hall–Kier alpha value is -1.89. The molecule has 1 aliphatic heterocycles. The van der Waals surface area contributed by atoms with Gasteiger partial charge in [-0.2, -0.15) is 4.31 Å². The van der Waals surface area contributed by atoms with E-state index in [1.807, 2.05) is 38.1 Å². The van der Waals surface area contributed by atoms with Crippen LogP contribution >= 0.6 is 0 Å². The molecule has 2 aromatic carbocycles.